The van der Waals surface area contributed by atoms with Crippen molar-refractivity contribution >= 4 is 16.0 Å². The minimum Gasteiger partial charge on any atom is -0.481 e. The molecule has 0 spiro atoms. The standard InChI is InChI=1S/C9H16F3NO4S/c1-7(8(14)15)3-5-13-18(16,17)6-2-4-9(10,11)12/h7,13H,2-6H2,1H3,(H,14,15). The Morgan fingerprint density at radius 2 is 1.94 bits per heavy atom. The highest BCUT2D eigenvalue weighted by atomic mass is 32.2. The zero-order chi connectivity index (χ0) is 14.4. The van der Waals surface area contributed by atoms with Gasteiger partial charge in [-0.15, -0.1) is 0 Å². The molecule has 0 rings (SSSR count). The molecular formula is C9H16F3NO4S. The van der Waals surface area contributed by atoms with Crippen LogP contribution in [0.1, 0.15) is 26.2 Å². The third-order valence-corrected chi connectivity index (χ3v) is 3.66. The van der Waals surface area contributed by atoms with Gasteiger partial charge in [0.2, 0.25) is 10.0 Å². The van der Waals surface area contributed by atoms with Gasteiger partial charge in [0.1, 0.15) is 0 Å². The summed E-state index contributed by atoms with van der Waals surface area (Å²) in [6, 6.07) is 0. The average Bonchev–Trinajstić information content (AvgIpc) is 2.14. The quantitative estimate of drug-likeness (QED) is 0.707. The molecule has 9 heteroatoms. The fourth-order valence-electron chi connectivity index (χ4n) is 1.09. The summed E-state index contributed by atoms with van der Waals surface area (Å²) in [5.41, 5.74) is 0. The number of alkyl halides is 3. The van der Waals surface area contributed by atoms with Crippen molar-refractivity contribution in [3.8, 4) is 0 Å². The van der Waals surface area contributed by atoms with Gasteiger partial charge in [0.15, 0.2) is 0 Å². The topological polar surface area (TPSA) is 83.5 Å². The first-order valence-corrected chi connectivity index (χ1v) is 6.95. The molecule has 0 aromatic heterocycles. The van der Waals surface area contributed by atoms with Crippen molar-refractivity contribution in [3.05, 3.63) is 0 Å². The lowest BCUT2D eigenvalue weighted by Crippen LogP contribution is -2.29. The predicted molar refractivity (Wildman–Crippen MR) is 58.5 cm³/mol. The van der Waals surface area contributed by atoms with E-state index in [0.29, 0.717) is 0 Å². The lowest BCUT2D eigenvalue weighted by atomic mass is 10.1. The maximum absolute atomic E-state index is 11.8. The van der Waals surface area contributed by atoms with E-state index in [-0.39, 0.29) is 13.0 Å². The van der Waals surface area contributed by atoms with Crippen molar-refractivity contribution in [2.45, 2.75) is 32.4 Å². The van der Waals surface area contributed by atoms with Gasteiger partial charge in [-0.3, -0.25) is 4.79 Å². The molecule has 2 N–H and O–H groups in total. The van der Waals surface area contributed by atoms with Gasteiger partial charge in [-0.1, -0.05) is 6.92 Å². The molecule has 0 aromatic rings. The Morgan fingerprint density at radius 1 is 1.39 bits per heavy atom. The minimum absolute atomic E-state index is 0.0911. The van der Waals surface area contributed by atoms with Crippen LogP contribution in [0.2, 0.25) is 0 Å². The van der Waals surface area contributed by atoms with Crippen LogP contribution in [0.4, 0.5) is 13.2 Å². The molecule has 5 nitrogen and oxygen atoms in total. The molecule has 0 aliphatic heterocycles. The van der Waals surface area contributed by atoms with Crippen molar-refractivity contribution in [1.82, 2.24) is 4.72 Å². The average molecular weight is 291 g/mol. The molecule has 0 saturated heterocycles. The highest BCUT2D eigenvalue weighted by molar-refractivity contribution is 7.89. The second kappa shape index (κ2) is 6.93. The number of hydrogen-bond donors (Lipinski definition) is 2. The van der Waals surface area contributed by atoms with Crippen molar-refractivity contribution in [2.75, 3.05) is 12.3 Å². The highest BCUT2D eigenvalue weighted by Crippen LogP contribution is 2.21. The van der Waals surface area contributed by atoms with Crippen LogP contribution in [0, 0.1) is 5.92 Å². The van der Waals surface area contributed by atoms with Crippen molar-refractivity contribution in [1.29, 1.82) is 0 Å². The fourth-order valence-corrected chi connectivity index (χ4v) is 2.19. The summed E-state index contributed by atoms with van der Waals surface area (Å²) in [4.78, 5) is 10.4. The van der Waals surface area contributed by atoms with Gasteiger partial charge in [0.05, 0.1) is 11.7 Å². The van der Waals surface area contributed by atoms with Gasteiger partial charge in [0, 0.05) is 13.0 Å². The van der Waals surface area contributed by atoms with Crippen molar-refractivity contribution in [2.24, 2.45) is 5.92 Å². The molecule has 108 valence electrons. The molecular weight excluding hydrogens is 275 g/mol. The maximum Gasteiger partial charge on any atom is 0.389 e. The van der Waals surface area contributed by atoms with E-state index in [1.165, 1.54) is 6.92 Å². The maximum atomic E-state index is 11.8. The first-order chi connectivity index (χ1) is 8.03. The smallest absolute Gasteiger partial charge is 0.389 e. The third kappa shape index (κ3) is 9.23. The summed E-state index contributed by atoms with van der Waals surface area (Å²) >= 11 is 0. The molecule has 18 heavy (non-hydrogen) atoms. The molecule has 0 bridgehead atoms. The predicted octanol–water partition coefficient (Wildman–Crippen LogP) is 1.36. The Labute approximate surface area is 103 Å². The Bertz CT molecular complexity index is 366. The van der Waals surface area contributed by atoms with E-state index in [1.54, 1.807) is 0 Å². The number of carbonyl (C=O) groups is 1. The lowest BCUT2D eigenvalue weighted by molar-refractivity contribution is -0.141. The van der Waals surface area contributed by atoms with E-state index in [2.05, 4.69) is 4.72 Å². The van der Waals surface area contributed by atoms with Gasteiger partial charge in [-0.2, -0.15) is 13.2 Å². The monoisotopic (exact) mass is 291 g/mol. The SMILES string of the molecule is CC(CCNS(=O)(=O)CCCC(F)(F)F)C(=O)O. The zero-order valence-corrected chi connectivity index (χ0v) is 10.6. The van der Waals surface area contributed by atoms with Gasteiger partial charge in [0.25, 0.3) is 0 Å². The van der Waals surface area contributed by atoms with Gasteiger partial charge < -0.3 is 5.11 Å². The van der Waals surface area contributed by atoms with Crippen LogP contribution >= 0.6 is 0 Å². The van der Waals surface area contributed by atoms with Crippen LogP contribution in [-0.4, -0.2) is 38.0 Å². The zero-order valence-electron chi connectivity index (χ0n) is 9.83. The van der Waals surface area contributed by atoms with Crippen molar-refractivity contribution in [3.63, 3.8) is 0 Å². The largest absolute Gasteiger partial charge is 0.481 e. The van der Waals surface area contributed by atoms with E-state index in [1.807, 2.05) is 0 Å². The first kappa shape index (κ1) is 17.2. The van der Waals surface area contributed by atoms with Gasteiger partial charge in [-0.05, 0) is 12.8 Å². The van der Waals surface area contributed by atoms with E-state index < -0.39 is 46.7 Å². The summed E-state index contributed by atoms with van der Waals surface area (Å²) in [6.45, 7) is 1.32. The molecule has 0 amide bonds. The molecule has 0 radical (unpaired) electrons. The van der Waals surface area contributed by atoms with Crippen LogP contribution in [-0.2, 0) is 14.8 Å². The third-order valence-electron chi connectivity index (χ3n) is 2.19. The molecule has 0 fully saturated rings. The van der Waals surface area contributed by atoms with Gasteiger partial charge in [-0.25, -0.2) is 13.1 Å². The van der Waals surface area contributed by atoms with Crippen LogP contribution in [0.15, 0.2) is 0 Å². The summed E-state index contributed by atoms with van der Waals surface area (Å²) < 4.78 is 59.9. The van der Waals surface area contributed by atoms with Gasteiger partial charge >= 0.3 is 12.1 Å². The van der Waals surface area contributed by atoms with E-state index >= 15 is 0 Å². The number of carboxylic acids is 1. The molecule has 1 atom stereocenters. The number of rotatable bonds is 8. The number of nitrogens with one attached hydrogen (secondary N) is 1. The number of sulfonamides is 1. The van der Waals surface area contributed by atoms with E-state index in [0.717, 1.165) is 0 Å². The second-order valence-corrected chi connectivity index (χ2v) is 5.89. The molecule has 0 aliphatic carbocycles. The molecule has 1 unspecified atom stereocenters. The molecule has 0 heterocycles. The van der Waals surface area contributed by atoms with Crippen LogP contribution in [0.5, 0.6) is 0 Å². The molecule has 0 aliphatic rings. The first-order valence-electron chi connectivity index (χ1n) is 5.30. The number of hydrogen-bond acceptors (Lipinski definition) is 3. The fraction of sp³-hybridized carbons (Fsp3) is 0.889. The summed E-state index contributed by atoms with van der Waals surface area (Å²) in [5, 5.41) is 8.54. The Kier molecular flexibility index (Phi) is 6.61. The number of halogens is 3. The minimum atomic E-state index is -4.37. The normalized spacial score (nSPS) is 14.4. The van der Waals surface area contributed by atoms with Crippen LogP contribution in [0.3, 0.4) is 0 Å². The summed E-state index contributed by atoms with van der Waals surface area (Å²) in [5.74, 6) is -2.37. The molecule has 0 saturated carbocycles. The van der Waals surface area contributed by atoms with E-state index in [9.17, 15) is 26.4 Å². The van der Waals surface area contributed by atoms with Crippen LogP contribution in [0.25, 0.3) is 0 Å². The second-order valence-electron chi connectivity index (χ2n) is 3.96. The number of aliphatic carboxylic acids is 1. The summed E-state index contributed by atoms with van der Waals surface area (Å²) in [6.07, 6.45) is -5.94. The number of carboxylic acid groups (broad SMARTS) is 1. The Balaban J connectivity index is 3.92. The van der Waals surface area contributed by atoms with Crippen LogP contribution < -0.4 is 4.72 Å². The highest BCUT2D eigenvalue weighted by Gasteiger charge is 2.27. The van der Waals surface area contributed by atoms with E-state index in [4.69, 9.17) is 5.11 Å². The van der Waals surface area contributed by atoms with Crippen molar-refractivity contribution < 1.29 is 31.5 Å². The molecule has 0 aromatic carbocycles. The Morgan fingerprint density at radius 3 is 2.39 bits per heavy atom. The summed E-state index contributed by atoms with van der Waals surface area (Å²) in [7, 11) is -3.77. The lowest BCUT2D eigenvalue weighted by Gasteiger charge is -2.09. The Hall–Kier alpha value is -0.830.